The van der Waals surface area contributed by atoms with Crippen LogP contribution in [0.2, 0.25) is 0 Å². The van der Waals surface area contributed by atoms with E-state index >= 15 is 0 Å². The van der Waals surface area contributed by atoms with Gasteiger partial charge in [0, 0.05) is 18.2 Å². The number of amides is 1. The van der Waals surface area contributed by atoms with Gasteiger partial charge in [-0.05, 0) is 42.8 Å². The zero-order chi connectivity index (χ0) is 20.4. The summed E-state index contributed by atoms with van der Waals surface area (Å²) >= 11 is 0. The van der Waals surface area contributed by atoms with Crippen molar-refractivity contribution in [2.45, 2.75) is 26.8 Å². The van der Waals surface area contributed by atoms with Crippen LogP contribution >= 0.6 is 0 Å². The van der Waals surface area contributed by atoms with Gasteiger partial charge in [-0.1, -0.05) is 12.1 Å². The number of nitrogens with one attached hydrogen (secondary N) is 1. The van der Waals surface area contributed by atoms with E-state index < -0.39 is 0 Å². The average Bonchev–Trinajstić information content (AvgIpc) is 3.38. The van der Waals surface area contributed by atoms with E-state index in [0.29, 0.717) is 46.5 Å². The van der Waals surface area contributed by atoms with Crippen molar-refractivity contribution in [3.8, 4) is 17.2 Å². The normalized spacial score (nSPS) is 11.0. The minimum atomic E-state index is -0.192. The molecule has 0 saturated heterocycles. The highest BCUT2D eigenvalue weighted by Gasteiger charge is 2.17. The Labute approximate surface area is 166 Å². The molecule has 0 atom stereocenters. The summed E-state index contributed by atoms with van der Waals surface area (Å²) in [5.41, 5.74) is 2.69. The maximum Gasteiger partial charge on any atom is 0.261 e. The average molecular weight is 392 g/mol. The fourth-order valence-electron chi connectivity index (χ4n) is 3.03. The molecule has 0 spiro atoms. The maximum absolute atomic E-state index is 12.6. The van der Waals surface area contributed by atoms with Gasteiger partial charge < -0.3 is 14.6 Å². The molecular formula is C20H20N6O3. The molecule has 4 aromatic rings. The number of ether oxygens (including phenoxy) is 1. The fourth-order valence-corrected chi connectivity index (χ4v) is 3.03. The van der Waals surface area contributed by atoms with E-state index in [9.17, 15) is 4.79 Å². The summed E-state index contributed by atoms with van der Waals surface area (Å²) in [6.45, 7) is 4.04. The highest BCUT2D eigenvalue weighted by atomic mass is 16.5. The third-order valence-corrected chi connectivity index (χ3v) is 4.61. The number of rotatable bonds is 6. The van der Waals surface area contributed by atoms with Crippen LogP contribution in [-0.2, 0) is 13.0 Å². The largest absolute Gasteiger partial charge is 0.497 e. The Hall–Kier alpha value is -3.75. The molecule has 0 aliphatic carbocycles. The lowest BCUT2D eigenvalue weighted by Crippen LogP contribution is -2.24. The first kappa shape index (κ1) is 18.6. The number of aryl methyl sites for hydroxylation is 2. The van der Waals surface area contributed by atoms with E-state index in [4.69, 9.17) is 9.26 Å². The van der Waals surface area contributed by atoms with Crippen molar-refractivity contribution in [1.82, 2.24) is 30.1 Å². The minimum Gasteiger partial charge on any atom is -0.497 e. The molecule has 0 aliphatic heterocycles. The smallest absolute Gasteiger partial charge is 0.261 e. The molecule has 9 nitrogen and oxygen atoms in total. The van der Waals surface area contributed by atoms with Crippen LogP contribution in [-0.4, -0.2) is 37.8 Å². The zero-order valence-electron chi connectivity index (χ0n) is 16.3. The molecule has 3 heterocycles. The predicted molar refractivity (Wildman–Crippen MR) is 105 cm³/mol. The highest BCUT2D eigenvalue weighted by Crippen LogP contribution is 2.22. The van der Waals surface area contributed by atoms with Gasteiger partial charge in [0.25, 0.3) is 11.8 Å². The quantitative estimate of drug-likeness (QED) is 0.537. The van der Waals surface area contributed by atoms with Gasteiger partial charge >= 0.3 is 0 Å². The summed E-state index contributed by atoms with van der Waals surface area (Å²) in [7, 11) is 1.59. The van der Waals surface area contributed by atoms with Gasteiger partial charge in [-0.3, -0.25) is 9.20 Å². The monoisotopic (exact) mass is 392 g/mol. The summed E-state index contributed by atoms with van der Waals surface area (Å²) in [6, 6.07) is 9.02. The van der Waals surface area contributed by atoms with Gasteiger partial charge in [-0.15, -0.1) is 10.2 Å². The molecule has 0 radical (unpaired) electrons. The van der Waals surface area contributed by atoms with Crippen molar-refractivity contribution in [3.63, 3.8) is 0 Å². The number of carbonyl (C=O) groups excluding carboxylic acids is 1. The molecule has 1 aromatic carbocycles. The molecule has 0 fully saturated rings. The number of methoxy groups -OCH3 is 1. The maximum atomic E-state index is 12.6. The second-order valence-electron chi connectivity index (χ2n) is 6.46. The lowest BCUT2D eigenvalue weighted by Gasteiger charge is -2.08. The van der Waals surface area contributed by atoms with E-state index in [2.05, 4.69) is 25.7 Å². The summed E-state index contributed by atoms with van der Waals surface area (Å²) < 4.78 is 12.3. The Morgan fingerprint density at radius 3 is 2.86 bits per heavy atom. The minimum absolute atomic E-state index is 0.192. The number of benzene rings is 1. The predicted octanol–water partition coefficient (Wildman–Crippen LogP) is 2.59. The van der Waals surface area contributed by atoms with Crippen LogP contribution in [0.5, 0.6) is 5.75 Å². The summed E-state index contributed by atoms with van der Waals surface area (Å²) in [6.07, 6.45) is 2.51. The Balaban J connectivity index is 1.56. The molecule has 29 heavy (non-hydrogen) atoms. The highest BCUT2D eigenvalue weighted by molar-refractivity contribution is 5.95. The summed E-state index contributed by atoms with van der Waals surface area (Å²) in [4.78, 5) is 16.9. The Morgan fingerprint density at radius 2 is 2.14 bits per heavy atom. The van der Waals surface area contributed by atoms with Crippen molar-refractivity contribution in [2.24, 2.45) is 0 Å². The first-order chi connectivity index (χ1) is 14.1. The van der Waals surface area contributed by atoms with Gasteiger partial charge in [-0.25, -0.2) is 0 Å². The summed E-state index contributed by atoms with van der Waals surface area (Å²) in [5, 5.41) is 15.3. The van der Waals surface area contributed by atoms with E-state index in [0.717, 1.165) is 5.56 Å². The lowest BCUT2D eigenvalue weighted by atomic mass is 10.1. The number of pyridine rings is 1. The van der Waals surface area contributed by atoms with Gasteiger partial charge in [0.05, 0.1) is 19.2 Å². The number of aromatic nitrogens is 5. The third-order valence-electron chi connectivity index (χ3n) is 4.61. The second kappa shape index (κ2) is 7.70. The van der Waals surface area contributed by atoms with E-state index in [-0.39, 0.29) is 12.5 Å². The van der Waals surface area contributed by atoms with Crippen molar-refractivity contribution in [2.75, 3.05) is 7.11 Å². The van der Waals surface area contributed by atoms with Crippen LogP contribution < -0.4 is 10.1 Å². The topological polar surface area (TPSA) is 107 Å². The van der Waals surface area contributed by atoms with Crippen LogP contribution in [0, 0.1) is 6.92 Å². The standard InChI is InChI=1S/C20H20N6O3/c1-4-16-22-20(29-25-16)15-6-5-9-26-17(23-24-18(15)26)11-21-19(27)14-8-7-13(28-3)10-12(14)2/h5-10H,4,11H2,1-3H3,(H,21,27). The molecule has 1 N–H and O–H groups in total. The first-order valence-electron chi connectivity index (χ1n) is 9.19. The number of hydrogen-bond acceptors (Lipinski definition) is 7. The molecule has 0 aliphatic rings. The van der Waals surface area contributed by atoms with Gasteiger partial charge in [0.15, 0.2) is 17.3 Å². The van der Waals surface area contributed by atoms with Crippen molar-refractivity contribution >= 4 is 11.6 Å². The lowest BCUT2D eigenvalue weighted by molar-refractivity contribution is 0.0949. The summed E-state index contributed by atoms with van der Waals surface area (Å²) in [5.74, 6) is 2.13. The second-order valence-corrected chi connectivity index (χ2v) is 6.46. The Kier molecular flexibility index (Phi) is 4.94. The molecule has 0 bridgehead atoms. The van der Waals surface area contributed by atoms with Crippen LogP contribution in [0.4, 0.5) is 0 Å². The number of nitrogens with zero attached hydrogens (tertiary/aromatic N) is 5. The number of carbonyl (C=O) groups is 1. The molecular weight excluding hydrogens is 372 g/mol. The molecule has 1 amide bonds. The van der Waals surface area contributed by atoms with Crippen LogP contribution in [0.3, 0.4) is 0 Å². The SMILES string of the molecule is CCc1noc(-c2cccn3c(CNC(=O)c4ccc(OC)cc4C)nnc23)n1. The molecule has 4 rings (SSSR count). The molecule has 9 heteroatoms. The van der Waals surface area contributed by atoms with Gasteiger partial charge in [0.1, 0.15) is 5.75 Å². The number of hydrogen-bond donors (Lipinski definition) is 1. The molecule has 148 valence electrons. The Morgan fingerprint density at radius 1 is 1.28 bits per heavy atom. The fraction of sp³-hybridized carbons (Fsp3) is 0.250. The van der Waals surface area contributed by atoms with E-state index in [1.165, 1.54) is 0 Å². The van der Waals surface area contributed by atoms with Gasteiger partial charge in [0.2, 0.25) is 0 Å². The molecule has 0 unspecified atom stereocenters. The molecule has 3 aromatic heterocycles. The number of fused-ring (bicyclic) bond motifs is 1. The van der Waals surface area contributed by atoms with Crippen molar-refractivity contribution in [3.05, 3.63) is 59.3 Å². The zero-order valence-corrected chi connectivity index (χ0v) is 16.3. The van der Waals surface area contributed by atoms with Crippen molar-refractivity contribution in [1.29, 1.82) is 0 Å². The van der Waals surface area contributed by atoms with E-state index in [1.54, 1.807) is 23.6 Å². The van der Waals surface area contributed by atoms with Crippen LogP contribution in [0.1, 0.15) is 34.5 Å². The van der Waals surface area contributed by atoms with Crippen molar-refractivity contribution < 1.29 is 14.1 Å². The van der Waals surface area contributed by atoms with Crippen LogP contribution in [0.15, 0.2) is 41.1 Å². The molecule has 0 saturated carbocycles. The van der Waals surface area contributed by atoms with Gasteiger partial charge in [-0.2, -0.15) is 4.98 Å². The Bertz CT molecular complexity index is 1180. The van der Waals surface area contributed by atoms with E-state index in [1.807, 2.05) is 38.2 Å². The third kappa shape index (κ3) is 3.54. The van der Waals surface area contributed by atoms with Crippen LogP contribution in [0.25, 0.3) is 17.1 Å². The first-order valence-corrected chi connectivity index (χ1v) is 9.19.